The summed E-state index contributed by atoms with van der Waals surface area (Å²) in [5.74, 6) is -1.11. The lowest BCUT2D eigenvalue weighted by atomic mass is 10.1. The molecule has 9 heteroatoms. The van der Waals surface area contributed by atoms with Crippen molar-refractivity contribution in [1.29, 1.82) is 0 Å². The van der Waals surface area contributed by atoms with Gasteiger partial charge in [0.25, 0.3) is 5.56 Å². The molecule has 4 rings (SSSR count). The summed E-state index contributed by atoms with van der Waals surface area (Å²) in [4.78, 5) is 24.0. The molecule has 0 aliphatic rings. The SMILES string of the molecule is COCc1nn2c(nnc3c(=O)n([C@@H](C)C(=O)O)ccc32)c1-c1ccccc1. The maximum Gasteiger partial charge on any atom is 0.326 e. The summed E-state index contributed by atoms with van der Waals surface area (Å²) >= 11 is 0. The van der Waals surface area contributed by atoms with Gasteiger partial charge in [0.1, 0.15) is 11.6 Å². The zero-order valence-electron chi connectivity index (χ0n) is 15.2. The number of rotatable bonds is 5. The summed E-state index contributed by atoms with van der Waals surface area (Å²) in [6, 6.07) is 10.2. The number of benzene rings is 1. The molecule has 0 radical (unpaired) electrons. The Morgan fingerprint density at radius 1 is 1.21 bits per heavy atom. The van der Waals surface area contributed by atoms with Crippen LogP contribution >= 0.6 is 0 Å². The number of pyridine rings is 1. The fourth-order valence-corrected chi connectivity index (χ4v) is 3.17. The van der Waals surface area contributed by atoms with E-state index in [2.05, 4.69) is 15.3 Å². The number of aromatic nitrogens is 5. The summed E-state index contributed by atoms with van der Waals surface area (Å²) in [6.07, 6.45) is 1.43. The normalized spacial score (nSPS) is 12.5. The number of nitrogens with zero attached hydrogens (tertiary/aromatic N) is 5. The van der Waals surface area contributed by atoms with E-state index in [-0.39, 0.29) is 12.1 Å². The molecule has 0 saturated heterocycles. The second kappa shape index (κ2) is 6.86. The number of aliphatic carboxylic acids is 1. The second-order valence-electron chi connectivity index (χ2n) is 6.33. The predicted octanol–water partition coefficient (Wildman–Crippen LogP) is 1.90. The molecule has 0 bridgehead atoms. The zero-order chi connectivity index (χ0) is 19.8. The highest BCUT2D eigenvalue weighted by Gasteiger charge is 2.21. The van der Waals surface area contributed by atoms with Crippen molar-refractivity contribution in [3.05, 3.63) is 58.6 Å². The molecule has 0 spiro atoms. The minimum Gasteiger partial charge on any atom is -0.480 e. The monoisotopic (exact) mass is 379 g/mol. The standard InChI is InChI=1S/C19H17N5O4/c1-11(19(26)27)23-9-8-14-16(18(23)25)20-21-17-15(12-6-4-3-5-7-12)13(10-28-2)22-24(14)17/h3-9,11H,10H2,1-2H3,(H,26,27)/t11-/m0/s1. The summed E-state index contributed by atoms with van der Waals surface area (Å²) < 4.78 is 7.94. The molecule has 4 aromatic rings. The van der Waals surface area contributed by atoms with Gasteiger partial charge in [0.05, 0.1) is 17.9 Å². The molecule has 0 aliphatic heterocycles. The van der Waals surface area contributed by atoms with Gasteiger partial charge in [-0.15, -0.1) is 10.2 Å². The van der Waals surface area contributed by atoms with Gasteiger partial charge in [0.15, 0.2) is 11.2 Å². The number of methoxy groups -OCH3 is 1. The van der Waals surface area contributed by atoms with E-state index >= 15 is 0 Å². The number of hydrogen-bond donors (Lipinski definition) is 1. The highest BCUT2D eigenvalue weighted by atomic mass is 16.5. The Morgan fingerprint density at radius 3 is 2.64 bits per heavy atom. The molecular weight excluding hydrogens is 362 g/mol. The molecule has 1 N–H and O–H groups in total. The van der Waals surface area contributed by atoms with E-state index < -0.39 is 17.6 Å². The maximum absolute atomic E-state index is 12.7. The Labute approximate surface area is 158 Å². The number of carboxylic acids is 1. The molecule has 3 aromatic heterocycles. The molecule has 142 valence electrons. The van der Waals surface area contributed by atoms with Gasteiger partial charge in [-0.1, -0.05) is 30.3 Å². The van der Waals surface area contributed by atoms with Crippen LogP contribution in [-0.4, -0.2) is 42.6 Å². The van der Waals surface area contributed by atoms with Gasteiger partial charge in [-0.05, 0) is 18.6 Å². The number of carboxylic acid groups (broad SMARTS) is 1. The van der Waals surface area contributed by atoms with Gasteiger partial charge in [0, 0.05) is 13.3 Å². The summed E-state index contributed by atoms with van der Waals surface area (Å²) in [5.41, 5.74) is 2.81. The Balaban J connectivity index is 2.02. The summed E-state index contributed by atoms with van der Waals surface area (Å²) in [6.45, 7) is 1.70. The van der Waals surface area contributed by atoms with Crippen LogP contribution in [0.3, 0.4) is 0 Å². The van der Waals surface area contributed by atoms with Crippen LogP contribution < -0.4 is 5.56 Å². The number of hydrogen-bond acceptors (Lipinski definition) is 6. The van der Waals surface area contributed by atoms with Crippen LogP contribution in [0.15, 0.2) is 47.4 Å². The molecule has 0 amide bonds. The number of ether oxygens (including phenoxy) is 1. The zero-order valence-corrected chi connectivity index (χ0v) is 15.2. The Bertz CT molecular complexity index is 1250. The molecule has 0 aliphatic carbocycles. The van der Waals surface area contributed by atoms with Gasteiger partial charge in [-0.2, -0.15) is 5.10 Å². The first-order chi connectivity index (χ1) is 13.5. The summed E-state index contributed by atoms with van der Waals surface area (Å²) in [5, 5.41) is 22.1. The first-order valence-electron chi connectivity index (χ1n) is 8.59. The number of carbonyl (C=O) groups is 1. The van der Waals surface area contributed by atoms with E-state index in [4.69, 9.17) is 4.74 Å². The molecule has 0 saturated carbocycles. The van der Waals surface area contributed by atoms with Crippen molar-refractivity contribution in [3.63, 3.8) is 0 Å². The fraction of sp³-hybridized carbons (Fsp3) is 0.211. The lowest BCUT2D eigenvalue weighted by Gasteiger charge is -2.11. The lowest BCUT2D eigenvalue weighted by Crippen LogP contribution is -2.28. The van der Waals surface area contributed by atoms with Crippen LogP contribution in [0.1, 0.15) is 18.7 Å². The van der Waals surface area contributed by atoms with Crippen molar-refractivity contribution in [2.75, 3.05) is 7.11 Å². The van der Waals surface area contributed by atoms with Gasteiger partial charge in [-0.25, -0.2) is 9.31 Å². The first kappa shape index (κ1) is 17.8. The molecular formula is C19H17N5O4. The molecule has 3 heterocycles. The molecule has 1 atom stereocenters. The molecule has 0 unspecified atom stereocenters. The molecule has 28 heavy (non-hydrogen) atoms. The highest BCUT2D eigenvalue weighted by Crippen LogP contribution is 2.28. The van der Waals surface area contributed by atoms with E-state index in [1.54, 1.807) is 17.7 Å². The van der Waals surface area contributed by atoms with Crippen LogP contribution in [0, 0.1) is 0 Å². The minimum atomic E-state index is -1.11. The Kier molecular flexibility index (Phi) is 4.36. The molecule has 0 fully saturated rings. The van der Waals surface area contributed by atoms with Crippen molar-refractivity contribution in [2.45, 2.75) is 19.6 Å². The predicted molar refractivity (Wildman–Crippen MR) is 101 cm³/mol. The number of fused-ring (bicyclic) bond motifs is 3. The van der Waals surface area contributed by atoms with Crippen molar-refractivity contribution in [2.24, 2.45) is 0 Å². The smallest absolute Gasteiger partial charge is 0.326 e. The maximum atomic E-state index is 12.7. The van der Waals surface area contributed by atoms with Gasteiger partial charge < -0.3 is 9.84 Å². The Hall–Kier alpha value is -3.59. The van der Waals surface area contributed by atoms with Gasteiger partial charge in [-0.3, -0.25) is 9.36 Å². The van der Waals surface area contributed by atoms with E-state index in [0.717, 1.165) is 15.7 Å². The fourth-order valence-electron chi connectivity index (χ4n) is 3.17. The van der Waals surface area contributed by atoms with E-state index in [0.29, 0.717) is 16.9 Å². The average Bonchev–Trinajstić information content (AvgIpc) is 3.07. The van der Waals surface area contributed by atoms with E-state index in [1.165, 1.54) is 13.1 Å². The third-order valence-electron chi connectivity index (χ3n) is 4.60. The average molecular weight is 379 g/mol. The Morgan fingerprint density at radius 2 is 1.96 bits per heavy atom. The quantitative estimate of drug-likeness (QED) is 0.563. The van der Waals surface area contributed by atoms with Crippen LogP contribution in [-0.2, 0) is 16.1 Å². The van der Waals surface area contributed by atoms with Crippen molar-refractivity contribution < 1.29 is 14.6 Å². The van der Waals surface area contributed by atoms with E-state index in [9.17, 15) is 14.7 Å². The van der Waals surface area contributed by atoms with Crippen molar-refractivity contribution in [3.8, 4) is 11.1 Å². The topological polar surface area (TPSA) is 112 Å². The third kappa shape index (κ3) is 2.72. The van der Waals surface area contributed by atoms with Gasteiger partial charge in [0.2, 0.25) is 0 Å². The van der Waals surface area contributed by atoms with Gasteiger partial charge >= 0.3 is 5.97 Å². The summed E-state index contributed by atoms with van der Waals surface area (Å²) in [7, 11) is 1.58. The van der Waals surface area contributed by atoms with Crippen LogP contribution in [0.2, 0.25) is 0 Å². The van der Waals surface area contributed by atoms with Crippen molar-refractivity contribution in [1.82, 2.24) is 24.4 Å². The lowest BCUT2D eigenvalue weighted by molar-refractivity contribution is -0.140. The first-order valence-corrected chi connectivity index (χ1v) is 8.59. The largest absolute Gasteiger partial charge is 0.480 e. The van der Waals surface area contributed by atoms with Crippen LogP contribution in [0.5, 0.6) is 0 Å². The highest BCUT2D eigenvalue weighted by molar-refractivity contribution is 5.84. The minimum absolute atomic E-state index is 0.0502. The van der Waals surface area contributed by atoms with Crippen LogP contribution in [0.4, 0.5) is 0 Å². The van der Waals surface area contributed by atoms with Crippen LogP contribution in [0.25, 0.3) is 27.8 Å². The third-order valence-corrected chi connectivity index (χ3v) is 4.60. The van der Waals surface area contributed by atoms with E-state index in [1.807, 2.05) is 30.3 Å². The molecule has 1 aromatic carbocycles. The van der Waals surface area contributed by atoms with Crippen molar-refractivity contribution >= 4 is 22.6 Å². The molecule has 9 nitrogen and oxygen atoms in total. The second-order valence-corrected chi connectivity index (χ2v) is 6.33.